The highest BCUT2D eigenvalue weighted by Gasteiger charge is 2.19. The zero-order chi connectivity index (χ0) is 11.1. The summed E-state index contributed by atoms with van der Waals surface area (Å²) < 4.78 is 0. The van der Waals surface area contributed by atoms with Crippen LogP contribution in [0.4, 0.5) is 0 Å². The molecule has 0 spiro atoms. The first kappa shape index (κ1) is 12.3. The van der Waals surface area contributed by atoms with Gasteiger partial charge in [-0.25, -0.2) is 5.84 Å². The fraction of sp³-hybridized carbons (Fsp3) is 0.909. The van der Waals surface area contributed by atoms with Gasteiger partial charge in [-0.15, -0.1) is 0 Å². The first-order valence-corrected chi connectivity index (χ1v) is 6.03. The van der Waals surface area contributed by atoms with Gasteiger partial charge in [0.05, 0.1) is 0 Å². The number of hydrazine groups is 1. The van der Waals surface area contributed by atoms with Crippen molar-refractivity contribution < 1.29 is 0 Å². The number of hydrogen-bond acceptors (Lipinski definition) is 2. The van der Waals surface area contributed by atoms with Gasteiger partial charge in [-0.1, -0.05) is 26.2 Å². The molecule has 0 bridgehead atoms. The van der Waals surface area contributed by atoms with Crippen molar-refractivity contribution in [1.82, 2.24) is 10.3 Å². The van der Waals surface area contributed by atoms with Gasteiger partial charge in [-0.05, 0) is 19.3 Å². The van der Waals surface area contributed by atoms with E-state index in [2.05, 4.69) is 29.3 Å². The quantitative estimate of drug-likeness (QED) is 0.322. The van der Waals surface area contributed by atoms with Crippen LogP contribution in [0, 0.1) is 0 Å². The van der Waals surface area contributed by atoms with Gasteiger partial charge >= 0.3 is 0 Å². The topological polar surface area (TPSA) is 53.6 Å². The second-order valence-corrected chi connectivity index (χ2v) is 4.25. The Balaban J connectivity index is 2.50. The average molecular weight is 212 g/mol. The highest BCUT2D eigenvalue weighted by molar-refractivity contribution is 5.79. The number of aliphatic imine (C=N–C) groups is 1. The van der Waals surface area contributed by atoms with E-state index in [-0.39, 0.29) is 0 Å². The molecule has 0 amide bonds. The van der Waals surface area contributed by atoms with Gasteiger partial charge < -0.3 is 4.90 Å². The monoisotopic (exact) mass is 212 g/mol. The summed E-state index contributed by atoms with van der Waals surface area (Å²) in [7, 11) is 2.09. The van der Waals surface area contributed by atoms with E-state index in [0.29, 0.717) is 6.04 Å². The summed E-state index contributed by atoms with van der Waals surface area (Å²) in [5, 5.41) is 0. The number of guanidine groups is 1. The molecule has 1 aliphatic carbocycles. The molecule has 0 atom stereocenters. The normalized spacial score (nSPS) is 19.0. The molecule has 1 aliphatic rings. The van der Waals surface area contributed by atoms with E-state index in [1.54, 1.807) is 0 Å². The smallest absolute Gasteiger partial charge is 0.208 e. The van der Waals surface area contributed by atoms with Crippen molar-refractivity contribution in [3.05, 3.63) is 0 Å². The van der Waals surface area contributed by atoms with E-state index in [1.807, 2.05) is 0 Å². The second-order valence-electron chi connectivity index (χ2n) is 4.25. The molecule has 4 heteroatoms. The van der Waals surface area contributed by atoms with E-state index in [4.69, 9.17) is 5.84 Å². The Kier molecular flexibility index (Phi) is 5.47. The van der Waals surface area contributed by atoms with E-state index in [9.17, 15) is 0 Å². The molecule has 4 nitrogen and oxygen atoms in total. The number of hydrogen-bond donors (Lipinski definition) is 2. The van der Waals surface area contributed by atoms with E-state index in [1.165, 1.54) is 32.1 Å². The predicted octanol–water partition coefficient (Wildman–Crippen LogP) is 1.48. The van der Waals surface area contributed by atoms with Gasteiger partial charge in [0.2, 0.25) is 5.96 Å². The van der Waals surface area contributed by atoms with Crippen molar-refractivity contribution in [2.24, 2.45) is 10.8 Å². The van der Waals surface area contributed by atoms with Gasteiger partial charge in [-0.3, -0.25) is 10.4 Å². The molecule has 1 fully saturated rings. The first-order chi connectivity index (χ1) is 7.29. The maximum Gasteiger partial charge on any atom is 0.208 e. The molecule has 0 aliphatic heterocycles. The highest BCUT2D eigenvalue weighted by atomic mass is 15.4. The Morgan fingerprint density at radius 2 is 2.07 bits per heavy atom. The average Bonchev–Trinajstić information content (AvgIpc) is 2.31. The first-order valence-electron chi connectivity index (χ1n) is 6.03. The molecule has 88 valence electrons. The summed E-state index contributed by atoms with van der Waals surface area (Å²) in [6, 6.07) is 0.616. The lowest BCUT2D eigenvalue weighted by Gasteiger charge is -2.33. The largest absolute Gasteiger partial charge is 0.342 e. The van der Waals surface area contributed by atoms with Gasteiger partial charge in [0.25, 0.3) is 0 Å². The summed E-state index contributed by atoms with van der Waals surface area (Å²) in [5.74, 6) is 6.34. The molecule has 1 saturated carbocycles. The van der Waals surface area contributed by atoms with Gasteiger partial charge in [0, 0.05) is 19.6 Å². The lowest BCUT2D eigenvalue weighted by molar-refractivity contribution is 0.271. The van der Waals surface area contributed by atoms with Gasteiger partial charge in [0.1, 0.15) is 0 Å². The van der Waals surface area contributed by atoms with Crippen molar-refractivity contribution in [1.29, 1.82) is 0 Å². The molecule has 3 N–H and O–H groups in total. The second kappa shape index (κ2) is 6.67. The molecule has 0 aromatic heterocycles. The van der Waals surface area contributed by atoms with Crippen molar-refractivity contribution >= 4 is 5.96 Å². The standard InChI is InChI=1S/C11H24N4/c1-3-9-13-11(14-12)15(2)10-7-5-4-6-8-10/h10H,3-9,12H2,1-2H3,(H,13,14). The summed E-state index contributed by atoms with van der Waals surface area (Å²) in [5.41, 5.74) is 2.71. The highest BCUT2D eigenvalue weighted by Crippen LogP contribution is 2.21. The van der Waals surface area contributed by atoms with Crippen LogP contribution in [0.15, 0.2) is 4.99 Å². The minimum Gasteiger partial charge on any atom is -0.342 e. The number of nitrogens with two attached hydrogens (primary N) is 1. The molecule has 0 radical (unpaired) electrons. The molecule has 0 unspecified atom stereocenters. The zero-order valence-electron chi connectivity index (χ0n) is 10.00. The minimum atomic E-state index is 0.616. The summed E-state index contributed by atoms with van der Waals surface area (Å²) in [4.78, 5) is 6.65. The van der Waals surface area contributed by atoms with E-state index >= 15 is 0 Å². The molecular weight excluding hydrogens is 188 g/mol. The van der Waals surface area contributed by atoms with Gasteiger partial charge in [-0.2, -0.15) is 0 Å². The lowest BCUT2D eigenvalue weighted by Crippen LogP contribution is -2.48. The van der Waals surface area contributed by atoms with Crippen LogP contribution in [-0.2, 0) is 0 Å². The molecule has 0 heterocycles. The summed E-state index contributed by atoms with van der Waals surface area (Å²) >= 11 is 0. The minimum absolute atomic E-state index is 0.616. The number of rotatable bonds is 3. The third-order valence-electron chi connectivity index (χ3n) is 3.07. The molecule has 0 aromatic rings. The maximum atomic E-state index is 5.50. The zero-order valence-corrected chi connectivity index (χ0v) is 10.00. The van der Waals surface area contributed by atoms with Crippen molar-refractivity contribution in [2.75, 3.05) is 13.6 Å². The third kappa shape index (κ3) is 3.70. The van der Waals surface area contributed by atoms with Crippen LogP contribution in [0.25, 0.3) is 0 Å². The third-order valence-corrected chi connectivity index (χ3v) is 3.07. The Labute approximate surface area is 92.9 Å². The summed E-state index contributed by atoms with van der Waals surface area (Å²) in [6.07, 6.45) is 7.64. The van der Waals surface area contributed by atoms with Crippen LogP contribution < -0.4 is 11.3 Å². The van der Waals surface area contributed by atoms with Crippen LogP contribution in [-0.4, -0.2) is 30.5 Å². The van der Waals surface area contributed by atoms with Crippen LogP contribution in [0.2, 0.25) is 0 Å². The van der Waals surface area contributed by atoms with Gasteiger partial charge in [0.15, 0.2) is 0 Å². The molecule has 15 heavy (non-hydrogen) atoms. The molecular formula is C11H24N4. The Hall–Kier alpha value is -0.770. The van der Waals surface area contributed by atoms with Crippen LogP contribution in [0.1, 0.15) is 45.4 Å². The fourth-order valence-corrected chi connectivity index (χ4v) is 2.12. The molecule has 0 aromatic carbocycles. The van der Waals surface area contributed by atoms with Crippen molar-refractivity contribution in [3.63, 3.8) is 0 Å². The van der Waals surface area contributed by atoms with Crippen LogP contribution in [0.5, 0.6) is 0 Å². The van der Waals surface area contributed by atoms with Crippen molar-refractivity contribution in [2.45, 2.75) is 51.5 Å². The number of nitrogens with one attached hydrogen (secondary N) is 1. The lowest BCUT2D eigenvalue weighted by atomic mass is 9.95. The summed E-state index contributed by atoms with van der Waals surface area (Å²) in [6.45, 7) is 2.97. The predicted molar refractivity (Wildman–Crippen MR) is 64.6 cm³/mol. The Morgan fingerprint density at radius 3 is 2.60 bits per heavy atom. The van der Waals surface area contributed by atoms with Crippen LogP contribution in [0.3, 0.4) is 0 Å². The molecule has 0 saturated heterocycles. The molecule has 1 rings (SSSR count). The van der Waals surface area contributed by atoms with Crippen molar-refractivity contribution in [3.8, 4) is 0 Å². The Morgan fingerprint density at radius 1 is 1.40 bits per heavy atom. The number of nitrogens with zero attached hydrogens (tertiary/aromatic N) is 2. The maximum absolute atomic E-state index is 5.50. The Bertz CT molecular complexity index is 197. The van der Waals surface area contributed by atoms with E-state index in [0.717, 1.165) is 18.9 Å². The van der Waals surface area contributed by atoms with E-state index < -0.39 is 0 Å². The SMILES string of the molecule is CCCN=C(NN)N(C)C1CCCCC1. The fourth-order valence-electron chi connectivity index (χ4n) is 2.12. The van der Waals surface area contributed by atoms with Crippen LogP contribution >= 0.6 is 0 Å².